The minimum Gasteiger partial charge on any atom is -0.487 e. The number of aliphatic hydroxyl groups is 1. The van der Waals surface area contributed by atoms with E-state index in [-0.39, 0.29) is 18.6 Å². The molecular weight excluding hydrogens is 304 g/mol. The van der Waals surface area contributed by atoms with Crippen LogP contribution in [0.15, 0.2) is 42.6 Å². The molecule has 2 rings (SSSR count). The molecule has 5 heteroatoms. The van der Waals surface area contributed by atoms with E-state index in [0.29, 0.717) is 24.3 Å². The zero-order valence-corrected chi connectivity index (χ0v) is 14.2. The number of ether oxygens (including phenoxy) is 1. The number of aryl methyl sites for hydroxylation is 1. The highest BCUT2D eigenvalue weighted by Crippen LogP contribution is 2.13. The number of aromatic nitrogens is 1. The van der Waals surface area contributed by atoms with Gasteiger partial charge in [0.1, 0.15) is 12.4 Å². The third-order valence-corrected chi connectivity index (χ3v) is 3.78. The molecule has 0 saturated carbocycles. The number of benzene rings is 1. The van der Waals surface area contributed by atoms with E-state index in [0.717, 1.165) is 17.7 Å². The Kier molecular flexibility index (Phi) is 6.75. The maximum atomic E-state index is 12.3. The van der Waals surface area contributed by atoms with Gasteiger partial charge in [0.15, 0.2) is 0 Å². The van der Waals surface area contributed by atoms with Gasteiger partial charge in [-0.25, -0.2) is 0 Å². The zero-order valence-electron chi connectivity index (χ0n) is 14.2. The predicted octanol–water partition coefficient (Wildman–Crippen LogP) is 2.86. The first-order chi connectivity index (χ1) is 11.6. The van der Waals surface area contributed by atoms with Crippen molar-refractivity contribution in [2.24, 2.45) is 0 Å². The van der Waals surface area contributed by atoms with Crippen LogP contribution in [0.25, 0.3) is 0 Å². The third-order valence-electron chi connectivity index (χ3n) is 3.78. The van der Waals surface area contributed by atoms with Crippen LogP contribution < -0.4 is 10.1 Å². The van der Waals surface area contributed by atoms with E-state index in [1.165, 1.54) is 0 Å². The van der Waals surface area contributed by atoms with Gasteiger partial charge >= 0.3 is 0 Å². The number of aliphatic hydroxyl groups excluding tert-OH is 1. The minimum absolute atomic E-state index is 0.0129. The van der Waals surface area contributed by atoms with Crippen LogP contribution in [-0.4, -0.2) is 28.6 Å². The quantitative estimate of drug-likeness (QED) is 0.781. The summed E-state index contributed by atoms with van der Waals surface area (Å²) in [6, 6.07) is 11.1. The van der Waals surface area contributed by atoms with Crippen molar-refractivity contribution in [2.75, 3.05) is 6.61 Å². The lowest BCUT2D eigenvalue weighted by atomic mass is 10.1. The minimum atomic E-state index is -0.130. The van der Waals surface area contributed by atoms with Crippen LogP contribution in [0.3, 0.4) is 0 Å². The molecular formula is C19H24N2O3. The number of amides is 1. The molecule has 0 aliphatic heterocycles. The van der Waals surface area contributed by atoms with Crippen molar-refractivity contribution in [3.05, 3.63) is 59.4 Å². The molecule has 0 aliphatic rings. The molecule has 0 radical (unpaired) electrons. The summed E-state index contributed by atoms with van der Waals surface area (Å²) in [6.07, 6.45) is 3.04. The highest BCUT2D eigenvalue weighted by molar-refractivity contribution is 5.94. The van der Waals surface area contributed by atoms with Gasteiger partial charge < -0.3 is 15.2 Å². The van der Waals surface area contributed by atoms with Crippen molar-refractivity contribution in [2.45, 2.75) is 39.3 Å². The van der Waals surface area contributed by atoms with Gasteiger partial charge in [-0.3, -0.25) is 9.78 Å². The summed E-state index contributed by atoms with van der Waals surface area (Å²) in [7, 11) is 0. The summed E-state index contributed by atoms with van der Waals surface area (Å²) in [4.78, 5) is 16.5. The molecule has 0 aliphatic carbocycles. The molecule has 24 heavy (non-hydrogen) atoms. The molecule has 0 bridgehead atoms. The van der Waals surface area contributed by atoms with E-state index in [2.05, 4.69) is 10.3 Å². The molecule has 1 amide bonds. The standard InChI is InChI=1S/C19H24N2O3/c1-3-17(9-10-22)21-19(23)16-6-4-5-15(11-16)13-24-18-8-7-14(2)20-12-18/h4-8,11-12,17,22H,3,9-10,13H2,1-2H3,(H,21,23). The maximum absolute atomic E-state index is 12.3. The van der Waals surface area contributed by atoms with E-state index >= 15 is 0 Å². The van der Waals surface area contributed by atoms with Crippen molar-refractivity contribution in [1.82, 2.24) is 10.3 Å². The molecule has 0 fully saturated rings. The number of hydrogen-bond donors (Lipinski definition) is 2. The lowest BCUT2D eigenvalue weighted by Crippen LogP contribution is -2.35. The fourth-order valence-corrected chi connectivity index (χ4v) is 2.31. The van der Waals surface area contributed by atoms with Gasteiger partial charge in [0, 0.05) is 23.9 Å². The number of hydrogen-bond acceptors (Lipinski definition) is 4. The van der Waals surface area contributed by atoms with Gasteiger partial charge in [-0.15, -0.1) is 0 Å². The van der Waals surface area contributed by atoms with E-state index in [4.69, 9.17) is 9.84 Å². The summed E-state index contributed by atoms with van der Waals surface area (Å²) in [5.74, 6) is 0.568. The van der Waals surface area contributed by atoms with Crippen LogP contribution in [0.4, 0.5) is 0 Å². The van der Waals surface area contributed by atoms with Gasteiger partial charge in [-0.05, 0) is 49.6 Å². The normalized spacial score (nSPS) is 11.8. The summed E-state index contributed by atoms with van der Waals surface area (Å²) >= 11 is 0. The highest BCUT2D eigenvalue weighted by atomic mass is 16.5. The van der Waals surface area contributed by atoms with Crippen LogP contribution in [-0.2, 0) is 6.61 Å². The summed E-state index contributed by atoms with van der Waals surface area (Å²) < 4.78 is 5.70. The van der Waals surface area contributed by atoms with Crippen LogP contribution in [0.5, 0.6) is 5.75 Å². The summed E-state index contributed by atoms with van der Waals surface area (Å²) in [5.41, 5.74) is 2.45. The van der Waals surface area contributed by atoms with E-state index in [1.807, 2.05) is 44.2 Å². The van der Waals surface area contributed by atoms with Crippen LogP contribution in [0, 0.1) is 6.92 Å². The van der Waals surface area contributed by atoms with Gasteiger partial charge in [-0.2, -0.15) is 0 Å². The first-order valence-corrected chi connectivity index (χ1v) is 8.18. The Bertz CT molecular complexity index is 656. The molecule has 0 spiro atoms. The van der Waals surface area contributed by atoms with E-state index in [1.54, 1.807) is 12.3 Å². The first kappa shape index (κ1) is 17.9. The van der Waals surface area contributed by atoms with Crippen molar-refractivity contribution in [3.8, 4) is 5.75 Å². The van der Waals surface area contributed by atoms with Crippen molar-refractivity contribution >= 4 is 5.91 Å². The number of rotatable bonds is 8. The third kappa shape index (κ3) is 5.35. The molecule has 1 atom stereocenters. The lowest BCUT2D eigenvalue weighted by molar-refractivity contribution is 0.0929. The number of nitrogens with one attached hydrogen (secondary N) is 1. The average Bonchev–Trinajstić information content (AvgIpc) is 2.61. The zero-order chi connectivity index (χ0) is 17.4. The maximum Gasteiger partial charge on any atom is 0.251 e. The van der Waals surface area contributed by atoms with Crippen LogP contribution in [0.2, 0.25) is 0 Å². The smallest absolute Gasteiger partial charge is 0.251 e. The summed E-state index contributed by atoms with van der Waals surface area (Å²) in [6.45, 7) is 4.35. The molecule has 128 valence electrons. The Morgan fingerprint density at radius 2 is 2.17 bits per heavy atom. The molecule has 0 saturated heterocycles. The molecule has 5 nitrogen and oxygen atoms in total. The van der Waals surface area contributed by atoms with Crippen molar-refractivity contribution < 1.29 is 14.6 Å². The number of nitrogens with zero attached hydrogens (tertiary/aromatic N) is 1. The average molecular weight is 328 g/mol. The first-order valence-electron chi connectivity index (χ1n) is 8.18. The molecule has 1 heterocycles. The van der Waals surface area contributed by atoms with Crippen molar-refractivity contribution in [1.29, 1.82) is 0 Å². The van der Waals surface area contributed by atoms with Crippen LogP contribution in [0.1, 0.15) is 41.4 Å². The topological polar surface area (TPSA) is 71.5 Å². The second-order valence-corrected chi connectivity index (χ2v) is 5.72. The largest absolute Gasteiger partial charge is 0.487 e. The fourth-order valence-electron chi connectivity index (χ4n) is 2.31. The van der Waals surface area contributed by atoms with Gasteiger partial charge in [0.05, 0.1) is 6.20 Å². The van der Waals surface area contributed by atoms with E-state index in [9.17, 15) is 4.79 Å². The number of pyridine rings is 1. The predicted molar refractivity (Wildman–Crippen MR) is 93.0 cm³/mol. The Balaban J connectivity index is 1.97. The SMILES string of the molecule is CCC(CCO)NC(=O)c1cccc(COc2ccc(C)nc2)c1. The monoisotopic (exact) mass is 328 g/mol. The van der Waals surface area contributed by atoms with Crippen LogP contribution >= 0.6 is 0 Å². The second-order valence-electron chi connectivity index (χ2n) is 5.72. The number of carbonyl (C=O) groups excluding carboxylic acids is 1. The molecule has 1 aromatic heterocycles. The Labute approximate surface area is 142 Å². The second kappa shape index (κ2) is 9.03. The molecule has 1 aromatic carbocycles. The van der Waals surface area contributed by atoms with Gasteiger partial charge in [0.25, 0.3) is 5.91 Å². The molecule has 2 aromatic rings. The Morgan fingerprint density at radius 3 is 2.83 bits per heavy atom. The highest BCUT2D eigenvalue weighted by Gasteiger charge is 2.12. The van der Waals surface area contributed by atoms with Gasteiger partial charge in [-0.1, -0.05) is 19.1 Å². The fraction of sp³-hybridized carbons (Fsp3) is 0.368. The van der Waals surface area contributed by atoms with Gasteiger partial charge in [0.2, 0.25) is 0 Å². The van der Waals surface area contributed by atoms with E-state index < -0.39 is 0 Å². The summed E-state index contributed by atoms with van der Waals surface area (Å²) in [5, 5.41) is 12.0. The lowest BCUT2D eigenvalue weighted by Gasteiger charge is -2.16. The Morgan fingerprint density at radius 1 is 1.33 bits per heavy atom. The molecule has 1 unspecified atom stereocenters. The van der Waals surface area contributed by atoms with Crippen molar-refractivity contribution in [3.63, 3.8) is 0 Å². The Hall–Kier alpha value is -2.40. The number of carbonyl (C=O) groups is 1. The molecule has 2 N–H and O–H groups in total.